The summed E-state index contributed by atoms with van der Waals surface area (Å²) in [5.41, 5.74) is 4.52. The molecule has 0 aliphatic carbocycles. The highest BCUT2D eigenvalue weighted by atomic mass is 16.5. The van der Waals surface area contributed by atoms with Gasteiger partial charge < -0.3 is 10.6 Å². The highest BCUT2D eigenvalue weighted by Gasteiger charge is 2.21. The molecular formula is C19H21N3O3. The van der Waals surface area contributed by atoms with Crippen LogP contribution in [0.1, 0.15) is 28.8 Å². The second kappa shape index (κ2) is 7.92. The Labute approximate surface area is 146 Å². The van der Waals surface area contributed by atoms with Crippen LogP contribution < -0.4 is 16.1 Å². The number of hydrogen-bond donors (Lipinski definition) is 4. The molecule has 6 nitrogen and oxygen atoms in total. The molecule has 0 aromatic heterocycles. The van der Waals surface area contributed by atoms with Crippen molar-refractivity contribution in [2.24, 2.45) is 0 Å². The molecule has 6 heteroatoms. The van der Waals surface area contributed by atoms with Crippen molar-refractivity contribution in [1.82, 2.24) is 16.1 Å². The third kappa shape index (κ3) is 4.04. The molecular weight excluding hydrogens is 318 g/mol. The van der Waals surface area contributed by atoms with Gasteiger partial charge in [0, 0.05) is 12.1 Å². The van der Waals surface area contributed by atoms with Gasteiger partial charge in [0.1, 0.15) is 0 Å². The lowest BCUT2D eigenvalue weighted by Gasteiger charge is -2.13. The number of amides is 2. The Bertz CT molecular complexity index is 756. The number of rotatable bonds is 5. The van der Waals surface area contributed by atoms with E-state index >= 15 is 0 Å². The fraction of sp³-hybridized carbons (Fsp3) is 0.263. The molecule has 3 rings (SSSR count). The second-order valence-corrected chi connectivity index (χ2v) is 6.05. The van der Waals surface area contributed by atoms with Crippen LogP contribution in [0.5, 0.6) is 0 Å². The average Bonchev–Trinajstić information content (AvgIpc) is 3.21. The summed E-state index contributed by atoms with van der Waals surface area (Å²) in [6.45, 7) is 1.26. The van der Waals surface area contributed by atoms with Gasteiger partial charge in [0.25, 0.3) is 5.91 Å². The summed E-state index contributed by atoms with van der Waals surface area (Å²) in [5, 5.41) is 15.1. The van der Waals surface area contributed by atoms with Crippen LogP contribution in [-0.2, 0) is 11.3 Å². The van der Waals surface area contributed by atoms with E-state index in [-0.39, 0.29) is 11.9 Å². The van der Waals surface area contributed by atoms with Crippen molar-refractivity contribution in [2.45, 2.75) is 25.4 Å². The highest BCUT2D eigenvalue weighted by molar-refractivity contribution is 6.00. The third-order valence-electron chi connectivity index (χ3n) is 4.36. The van der Waals surface area contributed by atoms with Crippen LogP contribution in [-0.4, -0.2) is 29.6 Å². The van der Waals surface area contributed by atoms with Crippen molar-refractivity contribution in [3.05, 3.63) is 59.7 Å². The van der Waals surface area contributed by atoms with Crippen LogP contribution in [0.4, 0.5) is 0 Å². The summed E-state index contributed by atoms with van der Waals surface area (Å²) in [4.78, 5) is 24.0. The number of carbonyl (C=O) groups is 2. The van der Waals surface area contributed by atoms with Gasteiger partial charge in [-0.2, -0.15) is 0 Å². The van der Waals surface area contributed by atoms with E-state index in [1.807, 2.05) is 36.4 Å². The van der Waals surface area contributed by atoms with Crippen molar-refractivity contribution >= 4 is 11.8 Å². The summed E-state index contributed by atoms with van der Waals surface area (Å²) in [6, 6.07) is 14.6. The van der Waals surface area contributed by atoms with Crippen LogP contribution in [0.25, 0.3) is 11.1 Å². The average molecular weight is 339 g/mol. The predicted molar refractivity (Wildman–Crippen MR) is 94.0 cm³/mol. The lowest BCUT2D eigenvalue weighted by molar-refractivity contribution is -0.122. The number of benzene rings is 2. The molecule has 2 amide bonds. The normalized spacial score (nSPS) is 16.4. The molecule has 0 spiro atoms. The quantitative estimate of drug-likeness (QED) is 0.494. The molecule has 25 heavy (non-hydrogen) atoms. The lowest BCUT2D eigenvalue weighted by Crippen LogP contribution is -2.40. The smallest absolute Gasteiger partial charge is 0.275 e. The molecule has 0 saturated carbocycles. The van der Waals surface area contributed by atoms with E-state index in [1.165, 1.54) is 0 Å². The van der Waals surface area contributed by atoms with E-state index in [1.54, 1.807) is 17.6 Å². The minimum Gasteiger partial charge on any atom is -0.351 e. The molecule has 2 aromatic carbocycles. The molecule has 2 aromatic rings. The first-order chi connectivity index (χ1) is 12.2. The molecule has 0 radical (unpaired) electrons. The zero-order chi connectivity index (χ0) is 17.6. The molecule has 1 fully saturated rings. The van der Waals surface area contributed by atoms with Crippen LogP contribution in [0.3, 0.4) is 0 Å². The van der Waals surface area contributed by atoms with Crippen molar-refractivity contribution in [3.63, 3.8) is 0 Å². The van der Waals surface area contributed by atoms with Gasteiger partial charge in [0.15, 0.2) is 0 Å². The maximum Gasteiger partial charge on any atom is 0.275 e. The van der Waals surface area contributed by atoms with Crippen molar-refractivity contribution in [1.29, 1.82) is 0 Å². The number of hydroxylamine groups is 1. The number of carbonyl (C=O) groups excluding carboxylic acids is 2. The van der Waals surface area contributed by atoms with Crippen LogP contribution in [0.2, 0.25) is 0 Å². The molecule has 0 bridgehead atoms. The number of nitrogens with one attached hydrogen (secondary N) is 3. The van der Waals surface area contributed by atoms with Crippen molar-refractivity contribution in [2.75, 3.05) is 6.54 Å². The predicted octanol–water partition coefficient (Wildman–Crippen LogP) is 1.84. The summed E-state index contributed by atoms with van der Waals surface area (Å²) in [6.07, 6.45) is 1.87. The molecule has 1 atom stereocenters. The van der Waals surface area contributed by atoms with Gasteiger partial charge in [0.2, 0.25) is 5.91 Å². The maximum atomic E-state index is 12.1. The SMILES string of the molecule is O=C(NO)c1ccc(CNC(=O)C2CCCN2)cc1-c1ccccc1. The zero-order valence-electron chi connectivity index (χ0n) is 13.8. The van der Waals surface area contributed by atoms with Crippen molar-refractivity contribution in [3.8, 4) is 11.1 Å². The third-order valence-corrected chi connectivity index (χ3v) is 4.36. The second-order valence-electron chi connectivity index (χ2n) is 6.05. The first-order valence-electron chi connectivity index (χ1n) is 8.33. The van der Waals surface area contributed by atoms with Crippen LogP contribution in [0.15, 0.2) is 48.5 Å². The maximum absolute atomic E-state index is 12.1. The molecule has 1 unspecified atom stereocenters. The summed E-state index contributed by atoms with van der Waals surface area (Å²) >= 11 is 0. The minimum absolute atomic E-state index is 0.00376. The summed E-state index contributed by atoms with van der Waals surface area (Å²) in [5.74, 6) is -0.569. The molecule has 4 N–H and O–H groups in total. The van der Waals surface area contributed by atoms with Crippen LogP contribution >= 0.6 is 0 Å². The summed E-state index contributed by atoms with van der Waals surface area (Å²) < 4.78 is 0. The van der Waals surface area contributed by atoms with E-state index in [2.05, 4.69) is 10.6 Å². The minimum atomic E-state index is -0.565. The fourth-order valence-electron chi connectivity index (χ4n) is 3.04. The van der Waals surface area contributed by atoms with Gasteiger partial charge in [0.05, 0.1) is 6.04 Å². The molecule has 1 heterocycles. The van der Waals surface area contributed by atoms with Gasteiger partial charge in [-0.05, 0) is 48.2 Å². The van der Waals surface area contributed by atoms with Gasteiger partial charge in [-0.15, -0.1) is 0 Å². The zero-order valence-corrected chi connectivity index (χ0v) is 13.8. The lowest BCUT2D eigenvalue weighted by atomic mass is 9.96. The van der Waals surface area contributed by atoms with E-state index in [9.17, 15) is 9.59 Å². The standard InChI is InChI=1S/C19H21N3O3/c23-18(22-25)15-9-8-13(11-16(15)14-5-2-1-3-6-14)12-21-19(24)17-7-4-10-20-17/h1-3,5-6,8-9,11,17,20,25H,4,7,10,12H2,(H,21,24)(H,22,23). The molecule has 1 aliphatic heterocycles. The van der Waals surface area contributed by atoms with Crippen LogP contribution in [0, 0.1) is 0 Å². The Morgan fingerprint density at radius 3 is 2.64 bits per heavy atom. The van der Waals surface area contributed by atoms with Gasteiger partial charge in [-0.1, -0.05) is 36.4 Å². The van der Waals surface area contributed by atoms with Gasteiger partial charge in [-0.3, -0.25) is 14.8 Å². The first-order valence-corrected chi connectivity index (χ1v) is 8.33. The highest BCUT2D eigenvalue weighted by Crippen LogP contribution is 2.25. The Morgan fingerprint density at radius 2 is 1.96 bits per heavy atom. The monoisotopic (exact) mass is 339 g/mol. The largest absolute Gasteiger partial charge is 0.351 e. The Hall–Kier alpha value is -2.70. The Balaban J connectivity index is 1.81. The first kappa shape index (κ1) is 17.1. The van der Waals surface area contributed by atoms with E-state index in [0.717, 1.165) is 30.5 Å². The van der Waals surface area contributed by atoms with E-state index < -0.39 is 5.91 Å². The molecule has 130 valence electrons. The molecule has 1 aliphatic rings. The Kier molecular flexibility index (Phi) is 5.42. The van der Waals surface area contributed by atoms with Gasteiger partial charge >= 0.3 is 0 Å². The Morgan fingerprint density at radius 1 is 1.16 bits per heavy atom. The van der Waals surface area contributed by atoms with Crippen molar-refractivity contribution < 1.29 is 14.8 Å². The van der Waals surface area contributed by atoms with E-state index in [0.29, 0.717) is 17.7 Å². The topological polar surface area (TPSA) is 90.5 Å². The fourth-order valence-corrected chi connectivity index (χ4v) is 3.04. The summed E-state index contributed by atoms with van der Waals surface area (Å²) in [7, 11) is 0. The molecule has 1 saturated heterocycles. The van der Waals surface area contributed by atoms with Gasteiger partial charge in [-0.25, -0.2) is 5.48 Å². The number of hydrogen-bond acceptors (Lipinski definition) is 4. The van der Waals surface area contributed by atoms with E-state index in [4.69, 9.17) is 5.21 Å².